The summed E-state index contributed by atoms with van der Waals surface area (Å²) in [6, 6.07) is 12.4. The van der Waals surface area contributed by atoms with Crippen molar-refractivity contribution in [2.75, 3.05) is 30.4 Å². The number of carbonyl (C=O) groups is 2. The Morgan fingerprint density at radius 3 is 2.36 bits per heavy atom. The average molecular weight is 382 g/mol. The maximum Gasteiger partial charge on any atom is 0.271 e. The minimum absolute atomic E-state index is 0.164. The minimum atomic E-state index is -0.343. The quantitative estimate of drug-likeness (QED) is 0.542. The zero-order valence-corrected chi connectivity index (χ0v) is 16.7. The van der Waals surface area contributed by atoms with Crippen molar-refractivity contribution in [1.29, 1.82) is 0 Å². The molecule has 0 aromatic heterocycles. The van der Waals surface area contributed by atoms with Gasteiger partial charge in [0.1, 0.15) is 5.75 Å². The smallest absolute Gasteiger partial charge is 0.271 e. The molecule has 2 rings (SSSR count). The highest BCUT2D eigenvalue weighted by molar-refractivity contribution is 5.96. The van der Waals surface area contributed by atoms with Crippen molar-refractivity contribution >= 4 is 29.4 Å². The van der Waals surface area contributed by atoms with Crippen LogP contribution in [0.5, 0.6) is 5.75 Å². The largest absolute Gasteiger partial charge is 0.496 e. The lowest BCUT2D eigenvalue weighted by Crippen LogP contribution is -2.21. The summed E-state index contributed by atoms with van der Waals surface area (Å²) in [7, 11) is 1.61. The van der Waals surface area contributed by atoms with E-state index in [9.17, 15) is 9.59 Å². The molecule has 2 N–H and O–H groups in total. The first kappa shape index (κ1) is 21.0. The molecule has 0 radical (unpaired) electrons. The van der Waals surface area contributed by atoms with E-state index in [1.165, 1.54) is 6.92 Å². The fraction of sp³-hybridized carbons (Fsp3) is 0.286. The van der Waals surface area contributed by atoms with Crippen LogP contribution in [0.2, 0.25) is 0 Å². The van der Waals surface area contributed by atoms with Crippen LogP contribution < -0.4 is 20.4 Å². The van der Waals surface area contributed by atoms with Gasteiger partial charge < -0.3 is 15.0 Å². The lowest BCUT2D eigenvalue weighted by Gasteiger charge is -2.21. The Bertz CT molecular complexity index is 843. The lowest BCUT2D eigenvalue weighted by atomic mass is 10.2. The Kier molecular flexibility index (Phi) is 7.56. The molecule has 7 nitrogen and oxygen atoms in total. The number of hydrogen-bond donors (Lipinski definition) is 2. The molecule has 0 aliphatic heterocycles. The van der Waals surface area contributed by atoms with Crippen LogP contribution in [0.1, 0.15) is 36.7 Å². The third kappa shape index (κ3) is 5.57. The Balaban J connectivity index is 2.05. The summed E-state index contributed by atoms with van der Waals surface area (Å²) in [6.45, 7) is 7.44. The van der Waals surface area contributed by atoms with Crippen LogP contribution in [-0.2, 0) is 4.79 Å². The number of methoxy groups -OCH3 is 1. The number of hydrogen-bond acceptors (Lipinski definition) is 5. The molecule has 0 spiro atoms. The van der Waals surface area contributed by atoms with Gasteiger partial charge >= 0.3 is 0 Å². The second-order valence-electron chi connectivity index (χ2n) is 6.06. The summed E-state index contributed by atoms with van der Waals surface area (Å²) in [6.07, 6.45) is 1.55. The molecule has 148 valence electrons. The summed E-state index contributed by atoms with van der Waals surface area (Å²) in [5, 5.41) is 6.68. The Labute approximate surface area is 165 Å². The van der Waals surface area contributed by atoms with E-state index in [1.54, 1.807) is 37.6 Å². The van der Waals surface area contributed by atoms with Gasteiger partial charge in [-0.2, -0.15) is 5.10 Å². The summed E-state index contributed by atoms with van der Waals surface area (Å²) < 4.78 is 5.45. The van der Waals surface area contributed by atoms with E-state index in [4.69, 9.17) is 4.74 Å². The number of hydrazone groups is 1. The van der Waals surface area contributed by atoms with E-state index < -0.39 is 0 Å². The first-order valence-corrected chi connectivity index (χ1v) is 9.12. The normalized spacial score (nSPS) is 10.6. The van der Waals surface area contributed by atoms with E-state index in [0.29, 0.717) is 17.0 Å². The number of benzene rings is 2. The van der Waals surface area contributed by atoms with Crippen molar-refractivity contribution < 1.29 is 14.3 Å². The molecule has 0 heterocycles. The molecule has 0 aliphatic rings. The molecule has 0 unspecified atom stereocenters. The van der Waals surface area contributed by atoms with E-state index in [-0.39, 0.29) is 11.8 Å². The van der Waals surface area contributed by atoms with Gasteiger partial charge in [0.15, 0.2) is 0 Å². The summed E-state index contributed by atoms with van der Waals surface area (Å²) in [5.74, 6) is 0.175. The standard InChI is InChI=1S/C21H26N4O3/c1-5-25(6-2)19-12-9-17(20(13-19)28-4)14-22-24-21(27)16-7-10-18(11-8-16)23-15(3)26/h7-14H,5-6H2,1-4H3,(H,23,26)(H,24,27)/b22-14-. The lowest BCUT2D eigenvalue weighted by molar-refractivity contribution is -0.114. The van der Waals surface area contributed by atoms with E-state index in [0.717, 1.165) is 24.3 Å². The maximum atomic E-state index is 12.2. The van der Waals surface area contributed by atoms with Gasteiger partial charge in [-0.15, -0.1) is 0 Å². The van der Waals surface area contributed by atoms with Crippen LogP contribution in [0.25, 0.3) is 0 Å². The van der Waals surface area contributed by atoms with E-state index in [2.05, 4.69) is 34.6 Å². The Hall–Kier alpha value is -3.35. The fourth-order valence-electron chi connectivity index (χ4n) is 2.73. The third-order valence-electron chi connectivity index (χ3n) is 4.18. The molecule has 0 atom stereocenters. The predicted molar refractivity (Wildman–Crippen MR) is 112 cm³/mol. The van der Waals surface area contributed by atoms with Crippen LogP contribution in [0.15, 0.2) is 47.6 Å². The number of nitrogens with zero attached hydrogens (tertiary/aromatic N) is 2. The van der Waals surface area contributed by atoms with Gasteiger partial charge in [-0.1, -0.05) is 0 Å². The van der Waals surface area contributed by atoms with Gasteiger partial charge in [0.2, 0.25) is 5.91 Å². The van der Waals surface area contributed by atoms with Gasteiger partial charge in [0.25, 0.3) is 5.91 Å². The van der Waals surface area contributed by atoms with Gasteiger partial charge in [-0.3, -0.25) is 9.59 Å². The first-order chi connectivity index (χ1) is 13.5. The Morgan fingerprint density at radius 2 is 1.79 bits per heavy atom. The highest BCUT2D eigenvalue weighted by Crippen LogP contribution is 2.24. The van der Waals surface area contributed by atoms with Crippen molar-refractivity contribution in [3.63, 3.8) is 0 Å². The molecule has 2 aromatic rings. The molecule has 2 aromatic carbocycles. The molecule has 28 heavy (non-hydrogen) atoms. The number of amides is 2. The SMILES string of the molecule is CCN(CC)c1ccc(/C=N\NC(=O)c2ccc(NC(C)=O)cc2)c(OC)c1. The number of nitrogens with one attached hydrogen (secondary N) is 2. The van der Waals surface area contributed by atoms with Crippen molar-refractivity contribution in [3.05, 3.63) is 53.6 Å². The molecule has 0 saturated carbocycles. The number of anilines is 2. The molecule has 0 saturated heterocycles. The van der Waals surface area contributed by atoms with Gasteiger partial charge in [0, 0.05) is 48.6 Å². The highest BCUT2D eigenvalue weighted by atomic mass is 16.5. The first-order valence-electron chi connectivity index (χ1n) is 9.12. The van der Waals surface area contributed by atoms with Crippen LogP contribution in [-0.4, -0.2) is 38.2 Å². The van der Waals surface area contributed by atoms with Crippen LogP contribution in [0, 0.1) is 0 Å². The van der Waals surface area contributed by atoms with Crippen LogP contribution in [0.4, 0.5) is 11.4 Å². The van der Waals surface area contributed by atoms with Crippen LogP contribution in [0.3, 0.4) is 0 Å². The van der Waals surface area contributed by atoms with E-state index >= 15 is 0 Å². The van der Waals surface area contributed by atoms with Gasteiger partial charge in [-0.25, -0.2) is 5.43 Å². The number of carbonyl (C=O) groups excluding carboxylic acids is 2. The van der Waals surface area contributed by atoms with Crippen molar-refractivity contribution in [3.8, 4) is 5.75 Å². The molecule has 0 bridgehead atoms. The van der Waals surface area contributed by atoms with Gasteiger partial charge in [0.05, 0.1) is 13.3 Å². The average Bonchev–Trinajstić information content (AvgIpc) is 2.69. The highest BCUT2D eigenvalue weighted by Gasteiger charge is 2.08. The number of ether oxygens (including phenoxy) is 1. The van der Waals surface area contributed by atoms with Crippen molar-refractivity contribution in [1.82, 2.24) is 5.43 Å². The topological polar surface area (TPSA) is 83.0 Å². The second-order valence-corrected chi connectivity index (χ2v) is 6.06. The third-order valence-corrected chi connectivity index (χ3v) is 4.18. The Morgan fingerprint density at radius 1 is 1.11 bits per heavy atom. The molecule has 0 aliphatic carbocycles. The molecular weight excluding hydrogens is 356 g/mol. The zero-order chi connectivity index (χ0) is 20.5. The maximum absolute atomic E-state index is 12.2. The summed E-state index contributed by atoms with van der Waals surface area (Å²) >= 11 is 0. The van der Waals surface area contributed by atoms with E-state index in [1.807, 2.05) is 18.2 Å². The zero-order valence-electron chi connectivity index (χ0n) is 16.7. The van der Waals surface area contributed by atoms with Crippen molar-refractivity contribution in [2.24, 2.45) is 5.10 Å². The fourth-order valence-corrected chi connectivity index (χ4v) is 2.73. The molecule has 7 heteroatoms. The number of rotatable bonds is 8. The van der Waals surface area contributed by atoms with Gasteiger partial charge in [-0.05, 0) is 50.2 Å². The molecule has 2 amide bonds. The summed E-state index contributed by atoms with van der Waals surface area (Å²) in [4.78, 5) is 25.4. The molecular formula is C21H26N4O3. The van der Waals surface area contributed by atoms with Crippen LogP contribution >= 0.6 is 0 Å². The monoisotopic (exact) mass is 382 g/mol. The summed E-state index contributed by atoms with van der Waals surface area (Å²) in [5.41, 5.74) is 5.40. The van der Waals surface area contributed by atoms with Crippen molar-refractivity contribution in [2.45, 2.75) is 20.8 Å². The minimum Gasteiger partial charge on any atom is -0.496 e. The second kappa shape index (κ2) is 10.1. The predicted octanol–water partition coefficient (Wildman–Crippen LogP) is 3.26. The molecule has 0 fully saturated rings.